The first-order valence-corrected chi connectivity index (χ1v) is 7.97. The molecule has 0 bridgehead atoms. The summed E-state index contributed by atoms with van der Waals surface area (Å²) in [5.41, 5.74) is 2.25. The lowest BCUT2D eigenvalue weighted by Crippen LogP contribution is -2.27. The van der Waals surface area contributed by atoms with Crippen molar-refractivity contribution in [3.05, 3.63) is 64.4 Å². The van der Waals surface area contributed by atoms with Gasteiger partial charge in [-0.25, -0.2) is 0 Å². The number of halogens is 1. The average Bonchev–Trinajstić information content (AvgIpc) is 3.29. The number of amides is 1. The van der Waals surface area contributed by atoms with Gasteiger partial charge in [-0.2, -0.15) is 0 Å². The molecule has 1 aliphatic carbocycles. The number of carbonyl (C=O) groups excluding carboxylic acids is 1. The predicted molar refractivity (Wildman–Crippen MR) is 85.9 cm³/mol. The second kappa shape index (κ2) is 6.39. The van der Waals surface area contributed by atoms with Crippen molar-refractivity contribution < 1.29 is 4.79 Å². The van der Waals surface area contributed by atoms with Crippen molar-refractivity contribution >= 4 is 21.8 Å². The number of benzene rings is 1. The smallest absolute Gasteiger partial charge is 0.223 e. The Hall–Kier alpha value is -1.68. The highest BCUT2D eigenvalue weighted by Gasteiger charge is 2.44. The van der Waals surface area contributed by atoms with Crippen LogP contribution in [0.25, 0.3) is 0 Å². The number of pyridine rings is 1. The summed E-state index contributed by atoms with van der Waals surface area (Å²) in [7, 11) is 0. The Morgan fingerprint density at radius 2 is 2.05 bits per heavy atom. The number of hydrogen-bond acceptors (Lipinski definition) is 2. The molecule has 0 unspecified atom stereocenters. The first-order chi connectivity index (χ1) is 10.3. The lowest BCUT2D eigenvalue weighted by Gasteiger charge is -2.06. The monoisotopic (exact) mass is 344 g/mol. The van der Waals surface area contributed by atoms with Crippen molar-refractivity contribution in [2.24, 2.45) is 5.92 Å². The molecule has 1 saturated carbocycles. The maximum Gasteiger partial charge on any atom is 0.223 e. The van der Waals surface area contributed by atoms with Crippen molar-refractivity contribution in [3.63, 3.8) is 0 Å². The highest BCUT2D eigenvalue weighted by Crippen LogP contribution is 2.49. The predicted octanol–water partition coefficient (Wildman–Crippen LogP) is 3.31. The Morgan fingerprint density at radius 1 is 1.24 bits per heavy atom. The standard InChI is InChI=1S/C17H17BrN2O/c18-16-7-2-1-6-13(16)14-11-15(14)17(21)20-10-8-12-5-3-4-9-19-12/h1-7,9,14-15H,8,10-11H2,(H,20,21)/t14-,15-/m0/s1. The van der Waals surface area contributed by atoms with Gasteiger partial charge in [0.25, 0.3) is 0 Å². The second-order valence-electron chi connectivity index (χ2n) is 5.33. The van der Waals surface area contributed by atoms with E-state index in [1.165, 1.54) is 5.56 Å². The van der Waals surface area contributed by atoms with Gasteiger partial charge in [0.05, 0.1) is 0 Å². The van der Waals surface area contributed by atoms with E-state index >= 15 is 0 Å². The molecule has 1 amide bonds. The van der Waals surface area contributed by atoms with Gasteiger partial charge in [-0.3, -0.25) is 9.78 Å². The Morgan fingerprint density at radius 3 is 2.81 bits per heavy atom. The second-order valence-corrected chi connectivity index (χ2v) is 6.19. The van der Waals surface area contributed by atoms with Crippen molar-refractivity contribution in [3.8, 4) is 0 Å². The Balaban J connectivity index is 1.49. The van der Waals surface area contributed by atoms with Gasteiger partial charge >= 0.3 is 0 Å². The van der Waals surface area contributed by atoms with E-state index < -0.39 is 0 Å². The van der Waals surface area contributed by atoms with E-state index in [1.54, 1.807) is 6.20 Å². The van der Waals surface area contributed by atoms with Crippen LogP contribution in [0, 0.1) is 5.92 Å². The first kappa shape index (κ1) is 14.3. The Labute approximate surface area is 132 Å². The number of rotatable bonds is 5. The fourth-order valence-corrected chi connectivity index (χ4v) is 3.17. The molecule has 3 nitrogen and oxygen atoms in total. The molecule has 0 radical (unpaired) electrons. The van der Waals surface area contributed by atoms with Crippen LogP contribution in [-0.4, -0.2) is 17.4 Å². The average molecular weight is 345 g/mol. The number of hydrogen-bond donors (Lipinski definition) is 1. The fourth-order valence-electron chi connectivity index (χ4n) is 2.60. The fraction of sp³-hybridized carbons (Fsp3) is 0.294. The highest BCUT2D eigenvalue weighted by molar-refractivity contribution is 9.10. The van der Waals surface area contributed by atoms with E-state index in [4.69, 9.17) is 0 Å². The van der Waals surface area contributed by atoms with Gasteiger partial charge in [0.15, 0.2) is 0 Å². The van der Waals surface area contributed by atoms with E-state index in [1.807, 2.05) is 36.4 Å². The molecular weight excluding hydrogens is 328 g/mol. The summed E-state index contributed by atoms with van der Waals surface area (Å²) in [4.78, 5) is 16.4. The third kappa shape index (κ3) is 3.50. The third-order valence-corrected chi connectivity index (χ3v) is 4.56. The minimum absolute atomic E-state index is 0.118. The van der Waals surface area contributed by atoms with E-state index in [0.717, 1.165) is 23.0 Å². The number of nitrogens with zero attached hydrogens (tertiary/aromatic N) is 1. The normalized spacial score (nSPS) is 20.0. The molecule has 4 heteroatoms. The van der Waals surface area contributed by atoms with Crippen molar-refractivity contribution in [2.45, 2.75) is 18.8 Å². The molecule has 1 aromatic heterocycles. The summed E-state index contributed by atoms with van der Waals surface area (Å²) < 4.78 is 1.10. The quantitative estimate of drug-likeness (QED) is 0.903. The zero-order chi connectivity index (χ0) is 14.7. The maximum atomic E-state index is 12.1. The van der Waals surface area contributed by atoms with Crippen LogP contribution in [-0.2, 0) is 11.2 Å². The van der Waals surface area contributed by atoms with Crippen LogP contribution >= 0.6 is 15.9 Å². The van der Waals surface area contributed by atoms with Crippen molar-refractivity contribution in [1.29, 1.82) is 0 Å². The minimum Gasteiger partial charge on any atom is -0.355 e. The third-order valence-electron chi connectivity index (χ3n) is 3.84. The van der Waals surface area contributed by atoms with E-state index in [2.05, 4.69) is 32.3 Å². The molecule has 2 aromatic rings. The molecule has 1 fully saturated rings. The SMILES string of the molecule is O=C(NCCc1ccccn1)[C@H]1C[C@H]1c1ccccc1Br. The van der Waals surface area contributed by atoms with Crippen molar-refractivity contribution in [1.82, 2.24) is 10.3 Å². The van der Waals surface area contributed by atoms with Crippen molar-refractivity contribution in [2.75, 3.05) is 6.54 Å². The molecule has 1 N–H and O–H groups in total. The molecule has 21 heavy (non-hydrogen) atoms. The van der Waals surface area contributed by atoms with Crippen LogP contribution in [0.3, 0.4) is 0 Å². The summed E-state index contributed by atoms with van der Waals surface area (Å²) in [5.74, 6) is 0.634. The van der Waals surface area contributed by atoms with Gasteiger partial charge in [0.2, 0.25) is 5.91 Å². The van der Waals surface area contributed by atoms with Gasteiger partial charge < -0.3 is 5.32 Å². The molecule has 108 valence electrons. The zero-order valence-electron chi connectivity index (χ0n) is 11.6. The van der Waals surface area contributed by atoms with Gasteiger partial charge in [-0.1, -0.05) is 40.2 Å². The van der Waals surface area contributed by atoms with E-state index in [0.29, 0.717) is 12.5 Å². The van der Waals surface area contributed by atoms with Gasteiger partial charge in [-0.05, 0) is 36.1 Å². The van der Waals surface area contributed by atoms with Crippen LogP contribution < -0.4 is 5.32 Å². The molecular formula is C17H17BrN2O. The summed E-state index contributed by atoms with van der Waals surface area (Å²) in [6.45, 7) is 0.648. The molecule has 1 aliphatic rings. The van der Waals surface area contributed by atoms with Crippen LogP contribution in [0.1, 0.15) is 23.6 Å². The van der Waals surface area contributed by atoms with Crippen LogP contribution in [0.4, 0.5) is 0 Å². The molecule has 1 aromatic carbocycles. The Kier molecular flexibility index (Phi) is 4.34. The number of nitrogens with one attached hydrogen (secondary N) is 1. The first-order valence-electron chi connectivity index (χ1n) is 7.18. The molecule has 0 aliphatic heterocycles. The zero-order valence-corrected chi connectivity index (χ0v) is 13.2. The largest absolute Gasteiger partial charge is 0.355 e. The maximum absolute atomic E-state index is 12.1. The topological polar surface area (TPSA) is 42.0 Å². The van der Waals surface area contributed by atoms with Crippen LogP contribution in [0.2, 0.25) is 0 Å². The summed E-state index contributed by atoms with van der Waals surface area (Å²) in [6, 6.07) is 14.0. The van der Waals surface area contributed by atoms with Crippen LogP contribution in [0.5, 0.6) is 0 Å². The van der Waals surface area contributed by atoms with E-state index in [-0.39, 0.29) is 11.8 Å². The molecule has 3 rings (SSSR count). The summed E-state index contributed by atoms with van der Waals surface area (Å²) >= 11 is 3.56. The molecule has 0 saturated heterocycles. The number of aromatic nitrogens is 1. The van der Waals surface area contributed by atoms with Gasteiger partial charge in [0, 0.05) is 35.2 Å². The molecule has 2 atom stereocenters. The van der Waals surface area contributed by atoms with E-state index in [9.17, 15) is 4.79 Å². The van der Waals surface area contributed by atoms with Gasteiger partial charge in [-0.15, -0.1) is 0 Å². The molecule has 1 heterocycles. The number of carbonyl (C=O) groups is 1. The lowest BCUT2D eigenvalue weighted by molar-refractivity contribution is -0.122. The van der Waals surface area contributed by atoms with Gasteiger partial charge in [0.1, 0.15) is 0 Å². The highest BCUT2D eigenvalue weighted by atomic mass is 79.9. The summed E-state index contributed by atoms with van der Waals surface area (Å²) in [6.07, 6.45) is 3.50. The minimum atomic E-state index is 0.118. The lowest BCUT2D eigenvalue weighted by atomic mass is 10.1. The summed E-state index contributed by atoms with van der Waals surface area (Å²) in [5, 5.41) is 3.02. The Bertz CT molecular complexity index is 630. The molecule has 0 spiro atoms. The van der Waals surface area contributed by atoms with Crippen LogP contribution in [0.15, 0.2) is 53.1 Å².